The van der Waals surface area contributed by atoms with Gasteiger partial charge in [-0.2, -0.15) is 0 Å². The minimum Gasteiger partial charge on any atom is -0.487 e. The largest absolute Gasteiger partial charge is 0.487 e. The van der Waals surface area contributed by atoms with Crippen molar-refractivity contribution >= 4 is 28.0 Å². The molecule has 12 heteroatoms. The quantitative estimate of drug-likeness (QED) is 0.135. The fraction of sp³-hybridized carbons (Fsp3) is 0.607. The number of alkyl carbamates (subject to hydrolysis) is 1. The van der Waals surface area contributed by atoms with Gasteiger partial charge >= 0.3 is 6.09 Å². The zero-order chi connectivity index (χ0) is 30.5. The lowest BCUT2D eigenvalue weighted by Crippen LogP contribution is -2.48. The highest BCUT2D eigenvalue weighted by atomic mass is 32.2. The molecule has 2 amide bonds. The van der Waals surface area contributed by atoms with Crippen molar-refractivity contribution in [3.8, 4) is 5.75 Å². The molecule has 1 aromatic rings. The molecule has 2 rings (SSSR count). The predicted molar refractivity (Wildman–Crippen MR) is 156 cm³/mol. The summed E-state index contributed by atoms with van der Waals surface area (Å²) < 4.78 is 40.4. The summed E-state index contributed by atoms with van der Waals surface area (Å²) in [6, 6.07) is -0.862. The van der Waals surface area contributed by atoms with Crippen LogP contribution in [0.15, 0.2) is 22.5 Å². The third-order valence-electron chi connectivity index (χ3n) is 6.39. The van der Waals surface area contributed by atoms with Crippen LogP contribution in [0.1, 0.15) is 76.1 Å². The maximum absolute atomic E-state index is 13.4. The van der Waals surface area contributed by atoms with Crippen LogP contribution in [0, 0.1) is 20.8 Å². The molecule has 1 aliphatic heterocycles. The normalized spacial score (nSPS) is 15.4. The summed E-state index contributed by atoms with van der Waals surface area (Å²) in [6.07, 6.45) is 2.73. The molecule has 0 radical (unpaired) electrons. The molecular formula is C28H45N5O6S. The van der Waals surface area contributed by atoms with Crippen LogP contribution < -0.4 is 25.8 Å². The molecule has 0 aliphatic carbocycles. The fourth-order valence-corrected chi connectivity index (χ4v) is 6.03. The van der Waals surface area contributed by atoms with Crippen LogP contribution in [0.25, 0.3) is 0 Å². The van der Waals surface area contributed by atoms with E-state index in [0.29, 0.717) is 36.9 Å². The summed E-state index contributed by atoms with van der Waals surface area (Å²) >= 11 is 0. The molecule has 0 spiro atoms. The number of nitrogens with zero attached hydrogens (tertiary/aromatic N) is 1. The van der Waals surface area contributed by atoms with Gasteiger partial charge in [-0.15, -0.1) is 6.58 Å². The number of hydrogen-bond donors (Lipinski definition) is 4. The van der Waals surface area contributed by atoms with Crippen LogP contribution in [0.4, 0.5) is 4.79 Å². The van der Waals surface area contributed by atoms with Crippen LogP contribution in [-0.2, 0) is 26.0 Å². The number of ether oxygens (including phenoxy) is 2. The molecule has 40 heavy (non-hydrogen) atoms. The summed E-state index contributed by atoms with van der Waals surface area (Å²) in [5.74, 6) is 0.111. The van der Waals surface area contributed by atoms with Crippen LogP contribution >= 0.6 is 0 Å². The van der Waals surface area contributed by atoms with Crippen molar-refractivity contribution in [2.75, 3.05) is 13.1 Å². The molecule has 1 atom stereocenters. The van der Waals surface area contributed by atoms with Gasteiger partial charge in [0.2, 0.25) is 11.9 Å². The number of guanidine groups is 1. The van der Waals surface area contributed by atoms with Crippen LogP contribution in [0.5, 0.6) is 5.75 Å². The summed E-state index contributed by atoms with van der Waals surface area (Å²) in [5.41, 5.74) is 7.68. The Bertz CT molecular complexity index is 1260. The molecule has 224 valence electrons. The average Bonchev–Trinajstić information content (AvgIpc) is 3.14. The number of aliphatic imine (C=N–C) groups is 1. The number of nitrogens with two attached hydrogens (primary N) is 1. The molecule has 0 saturated heterocycles. The van der Waals surface area contributed by atoms with Crippen LogP contribution in [0.2, 0.25) is 0 Å². The van der Waals surface area contributed by atoms with E-state index in [1.165, 1.54) is 0 Å². The van der Waals surface area contributed by atoms with Crippen molar-refractivity contribution < 1.29 is 27.5 Å². The second kappa shape index (κ2) is 12.9. The molecular weight excluding hydrogens is 534 g/mol. The van der Waals surface area contributed by atoms with E-state index >= 15 is 0 Å². The topological polar surface area (TPSA) is 161 Å². The summed E-state index contributed by atoms with van der Waals surface area (Å²) in [7, 11) is -4.02. The number of benzene rings is 1. The Morgan fingerprint density at radius 2 is 1.85 bits per heavy atom. The highest BCUT2D eigenvalue weighted by Gasteiger charge is 2.36. The second-order valence-electron chi connectivity index (χ2n) is 11.6. The minimum absolute atomic E-state index is 0.129. The first-order valence-corrected chi connectivity index (χ1v) is 14.9. The zero-order valence-corrected chi connectivity index (χ0v) is 25.8. The van der Waals surface area contributed by atoms with Crippen molar-refractivity contribution in [2.24, 2.45) is 10.7 Å². The van der Waals surface area contributed by atoms with Crippen molar-refractivity contribution in [1.82, 2.24) is 15.4 Å². The number of rotatable bonds is 11. The van der Waals surface area contributed by atoms with E-state index in [2.05, 4.69) is 26.9 Å². The van der Waals surface area contributed by atoms with E-state index in [1.54, 1.807) is 40.7 Å². The van der Waals surface area contributed by atoms with Gasteiger partial charge < -0.3 is 25.8 Å². The molecule has 0 unspecified atom stereocenters. The highest BCUT2D eigenvalue weighted by molar-refractivity contribution is 7.90. The van der Waals surface area contributed by atoms with Gasteiger partial charge in [-0.25, -0.2) is 17.9 Å². The smallest absolute Gasteiger partial charge is 0.408 e. The fourth-order valence-electron chi connectivity index (χ4n) is 4.50. The van der Waals surface area contributed by atoms with Gasteiger partial charge in [-0.3, -0.25) is 9.79 Å². The molecule has 0 bridgehead atoms. The van der Waals surface area contributed by atoms with Gasteiger partial charge in [-0.05, 0) is 91.3 Å². The molecule has 1 aromatic carbocycles. The number of carbonyl (C=O) groups is 2. The second-order valence-corrected chi connectivity index (χ2v) is 13.3. The van der Waals surface area contributed by atoms with Crippen molar-refractivity contribution in [3.63, 3.8) is 0 Å². The maximum Gasteiger partial charge on any atom is 0.408 e. The standard InChI is InChI=1S/C28H45N5O6S/c1-10-11-14-30-24(34)21(32-26(35)39-27(5,6)7)13-12-15-31-25(29)33-40(36,37)23-18(3)17(2)22-20(19(23)4)16-28(8,9)38-22/h10,21H,1,11-16H2,2-9H3,(H,30,34)(H,32,35)(H3,29,31,33)/t21-/m0/s1. The van der Waals surface area contributed by atoms with E-state index < -0.39 is 33.4 Å². The Balaban J connectivity index is 2.10. The predicted octanol–water partition coefficient (Wildman–Crippen LogP) is 3.28. The first kappa shape index (κ1) is 32.9. The van der Waals surface area contributed by atoms with E-state index in [-0.39, 0.29) is 29.7 Å². The Kier molecular flexibility index (Phi) is 10.6. The summed E-state index contributed by atoms with van der Waals surface area (Å²) in [4.78, 5) is 29.2. The Hall–Kier alpha value is -3.28. The molecule has 11 nitrogen and oxygen atoms in total. The van der Waals surface area contributed by atoms with Crippen molar-refractivity contribution in [2.45, 2.75) is 103 Å². The first-order chi connectivity index (χ1) is 18.4. The SMILES string of the molecule is C=CCCNC(=O)[C@H](CCCN=C(N)NS(=O)(=O)c1c(C)c(C)c2c(c1C)CC(C)(C)O2)NC(=O)OC(C)(C)C. The molecule has 0 saturated carbocycles. The summed E-state index contributed by atoms with van der Waals surface area (Å²) in [6.45, 7) is 18.6. The van der Waals surface area contributed by atoms with E-state index in [1.807, 2.05) is 20.8 Å². The number of sulfonamides is 1. The lowest BCUT2D eigenvalue weighted by atomic mass is 9.94. The zero-order valence-electron chi connectivity index (χ0n) is 25.0. The van der Waals surface area contributed by atoms with Crippen LogP contribution in [-0.4, -0.2) is 56.7 Å². The minimum atomic E-state index is -4.02. The third-order valence-corrected chi connectivity index (χ3v) is 8.02. The Labute approximate surface area is 238 Å². The van der Waals surface area contributed by atoms with E-state index in [0.717, 1.165) is 16.9 Å². The number of amides is 2. The Morgan fingerprint density at radius 1 is 1.20 bits per heavy atom. The Morgan fingerprint density at radius 3 is 2.45 bits per heavy atom. The van der Waals surface area contributed by atoms with Crippen LogP contribution in [0.3, 0.4) is 0 Å². The maximum atomic E-state index is 13.4. The third kappa shape index (κ3) is 8.87. The molecule has 0 fully saturated rings. The lowest BCUT2D eigenvalue weighted by Gasteiger charge is -2.23. The average molecular weight is 580 g/mol. The highest BCUT2D eigenvalue weighted by Crippen LogP contribution is 2.43. The van der Waals surface area contributed by atoms with Gasteiger partial charge in [-0.1, -0.05) is 6.08 Å². The van der Waals surface area contributed by atoms with Gasteiger partial charge in [0.15, 0.2) is 0 Å². The monoisotopic (exact) mass is 579 g/mol. The molecule has 5 N–H and O–H groups in total. The summed E-state index contributed by atoms with van der Waals surface area (Å²) in [5, 5.41) is 5.34. The number of hydrogen-bond acceptors (Lipinski definition) is 7. The van der Waals surface area contributed by atoms with Gasteiger partial charge in [0, 0.05) is 25.1 Å². The van der Waals surface area contributed by atoms with E-state index in [4.69, 9.17) is 15.2 Å². The van der Waals surface area contributed by atoms with Crippen molar-refractivity contribution in [3.05, 3.63) is 34.9 Å². The number of carbonyl (C=O) groups excluding carboxylic acids is 2. The molecule has 1 heterocycles. The van der Waals surface area contributed by atoms with Gasteiger partial charge in [0.05, 0.1) is 4.90 Å². The van der Waals surface area contributed by atoms with Crippen molar-refractivity contribution in [1.29, 1.82) is 0 Å². The van der Waals surface area contributed by atoms with Gasteiger partial charge in [0.25, 0.3) is 10.0 Å². The molecule has 1 aliphatic rings. The van der Waals surface area contributed by atoms with Gasteiger partial charge in [0.1, 0.15) is 23.0 Å². The first-order valence-electron chi connectivity index (χ1n) is 13.4. The van der Waals surface area contributed by atoms with E-state index in [9.17, 15) is 18.0 Å². The number of nitrogens with one attached hydrogen (secondary N) is 3. The molecule has 0 aromatic heterocycles. The number of fused-ring (bicyclic) bond motifs is 1. The lowest BCUT2D eigenvalue weighted by molar-refractivity contribution is -0.123.